The molecule has 1 N–H and O–H groups in total. The summed E-state index contributed by atoms with van der Waals surface area (Å²) in [5.41, 5.74) is 1.48. The molecule has 1 aromatic carbocycles. The van der Waals surface area contributed by atoms with Gasteiger partial charge >= 0.3 is 0 Å². The summed E-state index contributed by atoms with van der Waals surface area (Å²) in [6.07, 6.45) is 2.71. The van der Waals surface area contributed by atoms with Crippen molar-refractivity contribution in [1.82, 2.24) is 0 Å². The fraction of sp³-hybridized carbons (Fsp3) is 0.462. The summed E-state index contributed by atoms with van der Waals surface area (Å²) >= 11 is 6.16. The Bertz CT molecular complexity index is 408. The summed E-state index contributed by atoms with van der Waals surface area (Å²) in [5.74, 6) is 0.496. The van der Waals surface area contributed by atoms with Crippen molar-refractivity contribution in [3.63, 3.8) is 0 Å². The molecule has 0 radical (unpaired) electrons. The number of aldehydes is 1. The SMILES string of the molecule is O=Cc1cccc(Cl)c1N1CCC(CCO)C1. The topological polar surface area (TPSA) is 40.5 Å². The molecule has 0 amide bonds. The normalized spacial score (nSPS) is 19.6. The Morgan fingerprint density at radius 1 is 1.53 bits per heavy atom. The molecule has 1 atom stereocenters. The van der Waals surface area contributed by atoms with Crippen LogP contribution in [0.15, 0.2) is 18.2 Å². The average molecular weight is 254 g/mol. The third kappa shape index (κ3) is 2.61. The van der Waals surface area contributed by atoms with Crippen LogP contribution in [0.5, 0.6) is 0 Å². The highest BCUT2D eigenvalue weighted by Crippen LogP contribution is 2.33. The number of carbonyl (C=O) groups is 1. The van der Waals surface area contributed by atoms with E-state index >= 15 is 0 Å². The minimum absolute atomic E-state index is 0.224. The van der Waals surface area contributed by atoms with E-state index in [1.807, 2.05) is 6.07 Å². The number of hydrogen-bond acceptors (Lipinski definition) is 3. The number of benzene rings is 1. The molecule has 2 rings (SSSR count). The molecule has 4 heteroatoms. The zero-order valence-corrected chi connectivity index (χ0v) is 10.4. The fourth-order valence-corrected chi connectivity index (χ4v) is 2.72. The molecule has 0 aliphatic carbocycles. The third-order valence-corrected chi connectivity index (χ3v) is 3.59. The molecule has 1 heterocycles. The highest BCUT2D eigenvalue weighted by molar-refractivity contribution is 6.33. The standard InChI is InChI=1S/C13H16ClNO2/c14-12-3-1-2-11(9-17)13(12)15-6-4-10(8-15)5-7-16/h1-3,9-10,16H,4-8H2. The Morgan fingerprint density at radius 2 is 2.35 bits per heavy atom. The highest BCUT2D eigenvalue weighted by Gasteiger charge is 2.25. The number of halogens is 1. The lowest BCUT2D eigenvalue weighted by molar-refractivity contribution is 0.112. The molecular formula is C13H16ClNO2. The molecule has 1 unspecified atom stereocenters. The molecule has 0 bridgehead atoms. The second-order valence-electron chi connectivity index (χ2n) is 4.41. The summed E-state index contributed by atoms with van der Waals surface area (Å²) in [6.45, 7) is 1.99. The van der Waals surface area contributed by atoms with E-state index in [0.717, 1.165) is 37.9 Å². The molecule has 1 aromatic rings. The van der Waals surface area contributed by atoms with Gasteiger partial charge in [-0.3, -0.25) is 4.79 Å². The average Bonchev–Trinajstić information content (AvgIpc) is 2.77. The zero-order valence-electron chi connectivity index (χ0n) is 9.60. The van der Waals surface area contributed by atoms with Gasteiger partial charge < -0.3 is 10.0 Å². The molecule has 0 aromatic heterocycles. The Morgan fingerprint density at radius 3 is 3.06 bits per heavy atom. The number of para-hydroxylation sites is 1. The van der Waals surface area contributed by atoms with Crippen molar-refractivity contribution >= 4 is 23.6 Å². The van der Waals surface area contributed by atoms with Gasteiger partial charge in [-0.15, -0.1) is 0 Å². The quantitative estimate of drug-likeness (QED) is 0.838. The largest absolute Gasteiger partial charge is 0.396 e. The van der Waals surface area contributed by atoms with Crippen molar-refractivity contribution in [2.45, 2.75) is 12.8 Å². The molecule has 3 nitrogen and oxygen atoms in total. The predicted octanol–water partition coefficient (Wildman–Crippen LogP) is 2.36. The first-order chi connectivity index (χ1) is 8.26. The maximum Gasteiger partial charge on any atom is 0.152 e. The molecule has 1 fully saturated rings. The maximum absolute atomic E-state index is 11.0. The second-order valence-corrected chi connectivity index (χ2v) is 4.82. The van der Waals surface area contributed by atoms with Crippen molar-refractivity contribution in [2.24, 2.45) is 5.92 Å². The summed E-state index contributed by atoms with van der Waals surface area (Å²) in [4.78, 5) is 13.2. The van der Waals surface area contributed by atoms with E-state index in [1.165, 1.54) is 0 Å². The van der Waals surface area contributed by atoms with Gasteiger partial charge in [0.25, 0.3) is 0 Å². The van der Waals surface area contributed by atoms with Crippen LogP contribution in [0.2, 0.25) is 5.02 Å². The van der Waals surface area contributed by atoms with E-state index in [-0.39, 0.29) is 6.61 Å². The van der Waals surface area contributed by atoms with Gasteiger partial charge in [-0.2, -0.15) is 0 Å². The number of carbonyl (C=O) groups excluding carboxylic acids is 1. The van der Waals surface area contributed by atoms with Crippen LogP contribution in [0.3, 0.4) is 0 Å². The van der Waals surface area contributed by atoms with Crippen molar-refractivity contribution in [1.29, 1.82) is 0 Å². The lowest BCUT2D eigenvalue weighted by Crippen LogP contribution is -2.21. The molecule has 0 saturated carbocycles. The summed E-state index contributed by atoms with van der Waals surface area (Å²) in [6, 6.07) is 5.38. The Labute approximate surface area is 106 Å². The van der Waals surface area contributed by atoms with Gasteiger partial charge in [0.1, 0.15) is 0 Å². The van der Waals surface area contributed by atoms with E-state index < -0.39 is 0 Å². The first-order valence-corrected chi connectivity index (χ1v) is 6.23. The molecular weight excluding hydrogens is 238 g/mol. The van der Waals surface area contributed by atoms with Gasteiger partial charge in [0, 0.05) is 25.3 Å². The number of aliphatic hydroxyl groups is 1. The van der Waals surface area contributed by atoms with Crippen LogP contribution in [-0.4, -0.2) is 31.1 Å². The van der Waals surface area contributed by atoms with E-state index in [4.69, 9.17) is 16.7 Å². The Hall–Kier alpha value is -1.06. The van der Waals surface area contributed by atoms with Gasteiger partial charge in [0.05, 0.1) is 10.7 Å². The molecule has 17 heavy (non-hydrogen) atoms. The minimum atomic E-state index is 0.224. The van der Waals surface area contributed by atoms with E-state index in [9.17, 15) is 4.79 Å². The number of hydrogen-bond donors (Lipinski definition) is 1. The van der Waals surface area contributed by atoms with Gasteiger partial charge in [0.2, 0.25) is 0 Å². The van der Waals surface area contributed by atoms with Crippen molar-refractivity contribution < 1.29 is 9.90 Å². The van der Waals surface area contributed by atoms with Gasteiger partial charge in [0.15, 0.2) is 6.29 Å². The number of nitrogens with zero attached hydrogens (tertiary/aromatic N) is 1. The lowest BCUT2D eigenvalue weighted by atomic mass is 10.1. The van der Waals surface area contributed by atoms with Gasteiger partial charge in [-0.1, -0.05) is 17.7 Å². The first-order valence-electron chi connectivity index (χ1n) is 5.85. The monoisotopic (exact) mass is 253 g/mol. The smallest absolute Gasteiger partial charge is 0.152 e. The van der Waals surface area contributed by atoms with Crippen LogP contribution >= 0.6 is 11.6 Å². The fourth-order valence-electron chi connectivity index (χ4n) is 2.41. The molecule has 92 valence electrons. The van der Waals surface area contributed by atoms with Crippen molar-refractivity contribution in [3.8, 4) is 0 Å². The van der Waals surface area contributed by atoms with E-state index in [1.54, 1.807) is 12.1 Å². The van der Waals surface area contributed by atoms with E-state index in [0.29, 0.717) is 16.5 Å². The van der Waals surface area contributed by atoms with Gasteiger partial charge in [-0.05, 0) is 30.9 Å². The van der Waals surface area contributed by atoms with Crippen molar-refractivity contribution in [2.75, 3.05) is 24.6 Å². The minimum Gasteiger partial charge on any atom is -0.396 e. The molecule has 1 aliphatic heterocycles. The highest BCUT2D eigenvalue weighted by atomic mass is 35.5. The predicted molar refractivity (Wildman–Crippen MR) is 68.9 cm³/mol. The van der Waals surface area contributed by atoms with E-state index in [2.05, 4.69) is 4.90 Å². The van der Waals surface area contributed by atoms with Crippen LogP contribution in [-0.2, 0) is 0 Å². The Kier molecular flexibility index (Phi) is 4.02. The van der Waals surface area contributed by atoms with Gasteiger partial charge in [-0.25, -0.2) is 0 Å². The molecule has 1 aliphatic rings. The van der Waals surface area contributed by atoms with Crippen LogP contribution in [0, 0.1) is 5.92 Å². The third-order valence-electron chi connectivity index (χ3n) is 3.28. The number of anilines is 1. The maximum atomic E-state index is 11.0. The van der Waals surface area contributed by atoms with Crippen LogP contribution < -0.4 is 4.90 Å². The Balaban J connectivity index is 2.21. The molecule has 0 spiro atoms. The zero-order chi connectivity index (χ0) is 12.3. The van der Waals surface area contributed by atoms with Crippen LogP contribution in [0.25, 0.3) is 0 Å². The summed E-state index contributed by atoms with van der Waals surface area (Å²) in [7, 11) is 0. The lowest BCUT2D eigenvalue weighted by Gasteiger charge is -2.21. The second kappa shape index (κ2) is 5.52. The van der Waals surface area contributed by atoms with Crippen LogP contribution in [0.1, 0.15) is 23.2 Å². The summed E-state index contributed by atoms with van der Waals surface area (Å²) in [5, 5.41) is 9.56. The first kappa shape index (κ1) is 12.4. The van der Waals surface area contributed by atoms with Crippen molar-refractivity contribution in [3.05, 3.63) is 28.8 Å². The number of rotatable bonds is 4. The summed E-state index contributed by atoms with van der Waals surface area (Å²) < 4.78 is 0. The van der Waals surface area contributed by atoms with Crippen LogP contribution in [0.4, 0.5) is 5.69 Å². The molecule has 1 saturated heterocycles. The number of aliphatic hydroxyl groups excluding tert-OH is 1.